The summed E-state index contributed by atoms with van der Waals surface area (Å²) >= 11 is 1.60. The van der Waals surface area contributed by atoms with Gasteiger partial charge in [0, 0.05) is 19.7 Å². The Morgan fingerprint density at radius 1 is 1.11 bits per heavy atom. The quantitative estimate of drug-likeness (QED) is 0.403. The predicted molar refractivity (Wildman–Crippen MR) is 141 cm³/mol. The molecule has 0 aromatic heterocycles. The first-order valence-electron chi connectivity index (χ1n) is 12.4. The summed E-state index contributed by atoms with van der Waals surface area (Å²) in [5.41, 5.74) is 0.276. The van der Waals surface area contributed by atoms with Gasteiger partial charge in [-0.2, -0.15) is 11.8 Å². The van der Waals surface area contributed by atoms with Crippen LogP contribution in [0.5, 0.6) is 0 Å². The van der Waals surface area contributed by atoms with E-state index in [1.807, 2.05) is 57.4 Å². The van der Waals surface area contributed by atoms with Crippen molar-refractivity contribution in [2.24, 2.45) is 5.92 Å². The van der Waals surface area contributed by atoms with E-state index in [4.69, 9.17) is 14.2 Å². The second-order valence-corrected chi connectivity index (χ2v) is 11.0. The number of carbonyl (C=O) groups is 3. The summed E-state index contributed by atoms with van der Waals surface area (Å²) in [6.45, 7) is 5.90. The van der Waals surface area contributed by atoms with Crippen LogP contribution in [-0.2, 0) is 25.6 Å². The third kappa shape index (κ3) is 11.1. The van der Waals surface area contributed by atoms with Crippen molar-refractivity contribution in [3.63, 3.8) is 0 Å². The highest BCUT2D eigenvalue weighted by molar-refractivity contribution is 7.98. The van der Waals surface area contributed by atoms with Crippen LogP contribution in [0.3, 0.4) is 0 Å². The average molecular weight is 524 g/mol. The summed E-state index contributed by atoms with van der Waals surface area (Å²) in [7, 11) is 1.67. The molecular weight excluding hydrogens is 482 g/mol. The average Bonchev–Trinajstić information content (AvgIpc) is 2.84. The molecule has 0 heterocycles. The van der Waals surface area contributed by atoms with Crippen LogP contribution in [-0.4, -0.2) is 67.5 Å². The van der Waals surface area contributed by atoms with Crippen LogP contribution in [0.4, 0.5) is 9.59 Å². The number of thioether (sulfide) groups is 1. The van der Waals surface area contributed by atoms with Crippen molar-refractivity contribution in [3.05, 3.63) is 35.9 Å². The molecular formula is C26H41N3O6S. The number of hydrogen-bond acceptors (Lipinski definition) is 7. The molecule has 1 aliphatic rings. The third-order valence-corrected chi connectivity index (χ3v) is 6.58. The Morgan fingerprint density at radius 2 is 1.83 bits per heavy atom. The summed E-state index contributed by atoms with van der Waals surface area (Å²) in [4.78, 5) is 37.8. The van der Waals surface area contributed by atoms with Crippen molar-refractivity contribution in [1.29, 1.82) is 0 Å². The summed E-state index contributed by atoms with van der Waals surface area (Å²) in [6.07, 6.45) is 3.56. The highest BCUT2D eigenvalue weighted by Gasteiger charge is 2.34. The van der Waals surface area contributed by atoms with Gasteiger partial charge >= 0.3 is 12.2 Å². The highest BCUT2D eigenvalue weighted by atomic mass is 32.2. The standard InChI is InChI=1S/C26H41N3O6S/c1-26(2,3)35-24(31)27-16-19-15-20(33-4)11-12-21(19)28-23(30)22(13-14-36-5)29-25(32)34-17-18-9-7-6-8-10-18/h6-10,19-22H,11-17H2,1-5H3,(H,27,31)(H,28,30)(H,29,32)/t19-,20+,21-,22-/m0/s1. The highest BCUT2D eigenvalue weighted by Crippen LogP contribution is 2.26. The molecule has 0 saturated heterocycles. The summed E-state index contributed by atoms with van der Waals surface area (Å²) in [5, 5.41) is 8.65. The Kier molecular flexibility index (Phi) is 12.4. The lowest BCUT2D eigenvalue weighted by molar-refractivity contribution is -0.124. The van der Waals surface area contributed by atoms with Gasteiger partial charge in [0.1, 0.15) is 18.2 Å². The van der Waals surface area contributed by atoms with E-state index in [1.165, 1.54) is 0 Å². The van der Waals surface area contributed by atoms with Crippen LogP contribution in [0.15, 0.2) is 30.3 Å². The minimum atomic E-state index is -0.722. The van der Waals surface area contributed by atoms with Crippen LogP contribution in [0.2, 0.25) is 0 Å². The maximum atomic E-state index is 13.2. The minimum absolute atomic E-state index is 0.0357. The molecule has 3 amide bonds. The van der Waals surface area contributed by atoms with Gasteiger partial charge in [0.25, 0.3) is 0 Å². The zero-order valence-corrected chi connectivity index (χ0v) is 22.8. The van der Waals surface area contributed by atoms with E-state index in [-0.39, 0.29) is 30.6 Å². The number of nitrogens with one attached hydrogen (secondary N) is 3. The van der Waals surface area contributed by atoms with E-state index in [1.54, 1.807) is 18.9 Å². The monoisotopic (exact) mass is 523 g/mol. The molecule has 0 bridgehead atoms. The predicted octanol–water partition coefficient (Wildman–Crippen LogP) is 3.86. The fraction of sp³-hybridized carbons (Fsp3) is 0.654. The van der Waals surface area contributed by atoms with E-state index in [2.05, 4.69) is 16.0 Å². The maximum Gasteiger partial charge on any atom is 0.408 e. The zero-order valence-electron chi connectivity index (χ0n) is 22.0. The topological polar surface area (TPSA) is 115 Å². The molecule has 36 heavy (non-hydrogen) atoms. The fourth-order valence-corrected chi connectivity index (χ4v) is 4.55. The fourth-order valence-electron chi connectivity index (χ4n) is 4.07. The molecule has 2 rings (SSSR count). The summed E-state index contributed by atoms with van der Waals surface area (Å²) in [5.74, 6) is 0.409. The molecule has 4 atom stereocenters. The molecule has 0 radical (unpaired) electrons. The Morgan fingerprint density at radius 3 is 2.47 bits per heavy atom. The molecule has 9 nitrogen and oxygen atoms in total. The van der Waals surface area contributed by atoms with Crippen molar-refractivity contribution >= 4 is 29.9 Å². The van der Waals surface area contributed by atoms with Gasteiger partial charge in [0.2, 0.25) is 5.91 Å². The van der Waals surface area contributed by atoms with Gasteiger partial charge in [-0.15, -0.1) is 0 Å². The molecule has 1 aromatic carbocycles. The normalized spacial score (nSPS) is 20.6. The van der Waals surface area contributed by atoms with Gasteiger partial charge in [-0.3, -0.25) is 4.79 Å². The lowest BCUT2D eigenvalue weighted by atomic mass is 9.82. The van der Waals surface area contributed by atoms with Gasteiger partial charge in [-0.25, -0.2) is 9.59 Å². The Balaban J connectivity index is 1.97. The molecule has 1 aromatic rings. The van der Waals surface area contributed by atoms with E-state index in [0.29, 0.717) is 31.6 Å². The van der Waals surface area contributed by atoms with E-state index in [0.717, 1.165) is 12.0 Å². The van der Waals surface area contributed by atoms with Crippen molar-refractivity contribution < 1.29 is 28.6 Å². The second kappa shape index (κ2) is 14.9. The molecule has 202 valence electrons. The van der Waals surface area contributed by atoms with Crippen molar-refractivity contribution in [1.82, 2.24) is 16.0 Å². The molecule has 1 fully saturated rings. The first-order valence-corrected chi connectivity index (χ1v) is 13.8. The van der Waals surface area contributed by atoms with Gasteiger partial charge in [-0.1, -0.05) is 30.3 Å². The number of alkyl carbamates (subject to hydrolysis) is 2. The molecule has 1 saturated carbocycles. The van der Waals surface area contributed by atoms with Gasteiger partial charge in [-0.05, 0) is 69.9 Å². The molecule has 1 aliphatic carbocycles. The van der Waals surface area contributed by atoms with Crippen LogP contribution >= 0.6 is 11.8 Å². The molecule has 0 unspecified atom stereocenters. The lowest BCUT2D eigenvalue weighted by Gasteiger charge is -2.37. The van der Waals surface area contributed by atoms with Crippen molar-refractivity contribution in [2.45, 2.75) is 76.9 Å². The van der Waals surface area contributed by atoms with E-state index < -0.39 is 23.8 Å². The number of ether oxygens (including phenoxy) is 3. The molecule has 0 spiro atoms. The number of rotatable bonds is 11. The Labute approximate surface area is 218 Å². The van der Waals surface area contributed by atoms with Crippen LogP contribution in [0, 0.1) is 5.92 Å². The van der Waals surface area contributed by atoms with Gasteiger partial charge in [0.05, 0.1) is 6.10 Å². The number of methoxy groups -OCH3 is 1. The molecule has 10 heteroatoms. The van der Waals surface area contributed by atoms with Gasteiger partial charge < -0.3 is 30.2 Å². The second-order valence-electron chi connectivity index (χ2n) is 9.97. The van der Waals surface area contributed by atoms with Crippen LogP contribution < -0.4 is 16.0 Å². The smallest absolute Gasteiger partial charge is 0.408 e. The number of hydrogen-bond donors (Lipinski definition) is 3. The number of amides is 3. The summed E-state index contributed by atoms with van der Waals surface area (Å²) in [6, 6.07) is 8.48. The first-order chi connectivity index (χ1) is 17.1. The zero-order chi connectivity index (χ0) is 26.6. The minimum Gasteiger partial charge on any atom is -0.445 e. The number of benzene rings is 1. The number of carbonyl (C=O) groups excluding carboxylic acids is 3. The Bertz CT molecular complexity index is 833. The maximum absolute atomic E-state index is 13.2. The SMILES string of the molecule is CO[C@@H]1CC[C@H](NC(=O)[C@H](CCSC)NC(=O)OCc2ccccc2)[C@H](CNC(=O)OC(C)(C)C)C1. The molecule has 3 N–H and O–H groups in total. The molecule has 0 aliphatic heterocycles. The van der Waals surface area contributed by atoms with Crippen LogP contribution in [0.1, 0.15) is 52.0 Å². The third-order valence-electron chi connectivity index (χ3n) is 5.93. The lowest BCUT2D eigenvalue weighted by Crippen LogP contribution is -2.54. The van der Waals surface area contributed by atoms with Crippen molar-refractivity contribution in [2.75, 3.05) is 25.7 Å². The largest absolute Gasteiger partial charge is 0.445 e. The van der Waals surface area contributed by atoms with Gasteiger partial charge in [0.15, 0.2) is 0 Å². The van der Waals surface area contributed by atoms with Crippen LogP contribution in [0.25, 0.3) is 0 Å². The van der Waals surface area contributed by atoms with E-state index >= 15 is 0 Å². The Hall–Kier alpha value is -2.46. The van der Waals surface area contributed by atoms with Crippen molar-refractivity contribution in [3.8, 4) is 0 Å². The van der Waals surface area contributed by atoms with E-state index in [9.17, 15) is 14.4 Å². The first kappa shape index (κ1) is 29.8. The summed E-state index contributed by atoms with van der Waals surface area (Å²) < 4.78 is 16.2.